The summed E-state index contributed by atoms with van der Waals surface area (Å²) in [6, 6.07) is 0.818. The molecule has 0 heterocycles. The van der Waals surface area contributed by atoms with Gasteiger partial charge in [-0.2, -0.15) is 12.6 Å². The maximum absolute atomic E-state index is 5.65. The lowest BCUT2D eigenvalue weighted by molar-refractivity contribution is 0.0710. The van der Waals surface area contributed by atoms with Crippen LogP contribution in [0.3, 0.4) is 0 Å². The maximum atomic E-state index is 5.65. The predicted octanol–water partition coefficient (Wildman–Crippen LogP) is 2.50. The van der Waals surface area contributed by atoms with Crippen molar-refractivity contribution in [3.8, 4) is 0 Å². The summed E-state index contributed by atoms with van der Waals surface area (Å²) in [6.07, 6.45) is 1.77. The van der Waals surface area contributed by atoms with Crippen LogP contribution in [0.25, 0.3) is 0 Å². The van der Waals surface area contributed by atoms with Gasteiger partial charge < -0.3 is 32.3 Å². The van der Waals surface area contributed by atoms with Gasteiger partial charge in [-0.25, -0.2) is 0 Å². The highest BCUT2D eigenvalue weighted by Gasteiger charge is 2.44. The van der Waals surface area contributed by atoms with Gasteiger partial charge in [0.1, 0.15) is 0 Å². The van der Waals surface area contributed by atoms with Gasteiger partial charge in [-0.15, -0.1) is 0 Å². The summed E-state index contributed by atoms with van der Waals surface area (Å²) in [7, 11) is -0.0671. The van der Waals surface area contributed by atoms with Crippen molar-refractivity contribution in [3.05, 3.63) is 0 Å². The Morgan fingerprint density at radius 1 is 0.840 bits per heavy atom. The molecule has 7 nitrogen and oxygen atoms in total. The molecule has 10 heteroatoms. The molecule has 0 saturated heterocycles. The first-order valence-corrected chi connectivity index (χ1v) is 13.1. The normalized spacial score (nSPS) is 13.3. The van der Waals surface area contributed by atoms with Crippen molar-refractivity contribution in [2.45, 2.75) is 51.5 Å². The summed E-state index contributed by atoms with van der Waals surface area (Å²) < 4.78 is 32.6. The van der Waals surface area contributed by atoms with E-state index in [9.17, 15) is 0 Å². The standard InChI is InChI=1S/C9H23NO3Si.C6H16O3SSi/c1-4-11-14(12-5-2,13-6-3)9-7-8-10;1-5-6(10)11(7-2,8-3)9-4/h4-10H2,1-3H3;6,10H,5H2,1-4H3. The van der Waals surface area contributed by atoms with E-state index in [0.717, 1.165) is 18.9 Å². The fourth-order valence-electron chi connectivity index (χ4n) is 2.23. The second-order valence-electron chi connectivity index (χ2n) is 5.01. The Morgan fingerprint density at radius 2 is 1.24 bits per heavy atom. The third-order valence-corrected chi connectivity index (χ3v) is 10.8. The molecule has 25 heavy (non-hydrogen) atoms. The molecule has 2 N–H and O–H groups in total. The van der Waals surface area contributed by atoms with E-state index in [0.29, 0.717) is 26.4 Å². The van der Waals surface area contributed by atoms with Crippen LogP contribution in [0.5, 0.6) is 0 Å². The molecule has 0 spiro atoms. The molecule has 0 aliphatic carbocycles. The molecule has 0 radical (unpaired) electrons. The lowest BCUT2D eigenvalue weighted by Gasteiger charge is -2.28. The molecule has 0 aliphatic heterocycles. The largest absolute Gasteiger partial charge is 0.513 e. The van der Waals surface area contributed by atoms with Crippen LogP contribution in [0.15, 0.2) is 0 Å². The molecule has 0 rings (SSSR count). The highest BCUT2D eigenvalue weighted by atomic mass is 32.1. The summed E-state index contributed by atoms with van der Waals surface area (Å²) in [5.41, 5.74) is 5.48. The molecular weight excluding hydrogens is 378 g/mol. The zero-order chi connectivity index (χ0) is 19.8. The molecule has 154 valence electrons. The summed E-state index contributed by atoms with van der Waals surface area (Å²) in [4.78, 5) is 0.0579. The molecule has 0 aromatic carbocycles. The quantitative estimate of drug-likeness (QED) is 0.332. The van der Waals surface area contributed by atoms with Gasteiger partial charge in [0.05, 0.1) is 4.87 Å². The van der Waals surface area contributed by atoms with E-state index in [1.165, 1.54) is 0 Å². The summed E-state index contributed by atoms with van der Waals surface area (Å²) in [6.45, 7) is 10.5. The average Bonchev–Trinajstić information content (AvgIpc) is 2.63. The third kappa shape index (κ3) is 10.4. The summed E-state index contributed by atoms with van der Waals surface area (Å²) in [5.74, 6) is 0. The van der Waals surface area contributed by atoms with Crippen LogP contribution in [-0.4, -0.2) is 70.2 Å². The van der Waals surface area contributed by atoms with Crippen LogP contribution >= 0.6 is 12.6 Å². The fraction of sp³-hybridized carbons (Fsp3) is 1.00. The highest BCUT2D eigenvalue weighted by Crippen LogP contribution is 2.19. The van der Waals surface area contributed by atoms with Gasteiger partial charge in [-0.1, -0.05) is 6.92 Å². The second-order valence-corrected chi connectivity index (χ2v) is 12.0. The first kappa shape index (κ1) is 27.7. The number of hydrogen-bond donors (Lipinski definition) is 2. The van der Waals surface area contributed by atoms with Crippen LogP contribution in [0.2, 0.25) is 6.04 Å². The minimum atomic E-state index is -2.46. The van der Waals surface area contributed by atoms with Crippen molar-refractivity contribution in [2.75, 3.05) is 47.7 Å². The Kier molecular flexibility index (Phi) is 18.5. The van der Waals surface area contributed by atoms with Crippen molar-refractivity contribution in [1.82, 2.24) is 0 Å². The fourth-order valence-corrected chi connectivity index (χ4v) is 7.63. The average molecular weight is 418 g/mol. The number of nitrogens with two attached hydrogens (primary N) is 1. The number of hydrogen-bond acceptors (Lipinski definition) is 8. The molecule has 0 aromatic heterocycles. The Balaban J connectivity index is 0. The first-order chi connectivity index (χ1) is 11.9. The summed E-state index contributed by atoms with van der Waals surface area (Å²) in [5, 5.41) is 0. The SMILES string of the molecule is CCC(S)[Si](OC)(OC)OC.CCO[Si](CCCN)(OCC)OCC. The number of thiol groups is 1. The van der Waals surface area contributed by atoms with Crippen molar-refractivity contribution < 1.29 is 26.6 Å². The van der Waals surface area contributed by atoms with Crippen LogP contribution in [-0.2, 0) is 26.6 Å². The molecule has 1 unspecified atom stereocenters. The van der Waals surface area contributed by atoms with E-state index in [1.807, 2.05) is 27.7 Å². The zero-order valence-electron chi connectivity index (χ0n) is 17.0. The van der Waals surface area contributed by atoms with Gasteiger partial charge in [0.2, 0.25) is 0 Å². The van der Waals surface area contributed by atoms with Crippen molar-refractivity contribution in [1.29, 1.82) is 0 Å². The van der Waals surface area contributed by atoms with Crippen LogP contribution in [0, 0.1) is 0 Å². The topological polar surface area (TPSA) is 81.4 Å². The van der Waals surface area contributed by atoms with E-state index in [1.54, 1.807) is 21.3 Å². The van der Waals surface area contributed by atoms with E-state index in [4.69, 9.17) is 32.3 Å². The first-order valence-electron chi connectivity index (χ1n) is 8.86. The number of rotatable bonds is 14. The Labute approximate surface area is 162 Å². The third-order valence-electron chi connectivity index (χ3n) is 3.43. The van der Waals surface area contributed by atoms with Gasteiger partial charge in [-0.05, 0) is 40.2 Å². The Hall–Kier alpha value is 0.504. The molecule has 0 bridgehead atoms. The van der Waals surface area contributed by atoms with Crippen LogP contribution in [0.4, 0.5) is 0 Å². The van der Waals surface area contributed by atoms with Crippen molar-refractivity contribution >= 4 is 30.2 Å². The smallest absolute Gasteiger partial charge is 0.376 e. The van der Waals surface area contributed by atoms with Gasteiger partial charge in [0.15, 0.2) is 0 Å². The molecular formula is C15H39NO6SSi2. The molecule has 0 aromatic rings. The van der Waals surface area contributed by atoms with Gasteiger partial charge in [-0.3, -0.25) is 0 Å². The lowest BCUT2D eigenvalue weighted by Crippen LogP contribution is -2.51. The van der Waals surface area contributed by atoms with E-state index < -0.39 is 17.6 Å². The molecule has 1 atom stereocenters. The molecule has 0 saturated carbocycles. The maximum Gasteiger partial charge on any atom is 0.513 e. The monoisotopic (exact) mass is 417 g/mol. The minimum absolute atomic E-state index is 0.0579. The van der Waals surface area contributed by atoms with Crippen molar-refractivity contribution in [2.24, 2.45) is 5.73 Å². The van der Waals surface area contributed by atoms with E-state index in [2.05, 4.69) is 12.6 Å². The van der Waals surface area contributed by atoms with Gasteiger partial charge in [0, 0.05) is 47.2 Å². The lowest BCUT2D eigenvalue weighted by atomic mass is 10.5. The molecule has 0 aliphatic rings. The van der Waals surface area contributed by atoms with E-state index in [-0.39, 0.29) is 4.87 Å². The highest BCUT2D eigenvalue weighted by molar-refractivity contribution is 7.83. The molecule has 0 amide bonds. The minimum Gasteiger partial charge on any atom is -0.376 e. The second kappa shape index (κ2) is 16.7. The summed E-state index contributed by atoms with van der Waals surface area (Å²) >= 11 is 4.34. The van der Waals surface area contributed by atoms with Gasteiger partial charge >= 0.3 is 17.6 Å². The predicted molar refractivity (Wildman–Crippen MR) is 109 cm³/mol. The Bertz CT molecular complexity index is 276. The van der Waals surface area contributed by atoms with Crippen molar-refractivity contribution in [3.63, 3.8) is 0 Å². The molecule has 0 fully saturated rings. The van der Waals surface area contributed by atoms with Crippen LogP contribution < -0.4 is 5.73 Å². The van der Waals surface area contributed by atoms with Crippen LogP contribution in [0.1, 0.15) is 40.5 Å². The zero-order valence-corrected chi connectivity index (χ0v) is 19.9. The van der Waals surface area contributed by atoms with E-state index >= 15 is 0 Å². The Morgan fingerprint density at radius 3 is 1.44 bits per heavy atom. The van der Waals surface area contributed by atoms with Gasteiger partial charge in [0.25, 0.3) is 0 Å².